The molecule has 0 spiro atoms. The number of nitrogens with one attached hydrogen (secondary N) is 2. The maximum absolute atomic E-state index is 11.3. The molecule has 1 amide bonds. The van der Waals surface area contributed by atoms with Gasteiger partial charge >= 0.3 is 0 Å². The number of thioether (sulfide) groups is 1. The Kier molecular flexibility index (Phi) is 10.0. The molecule has 0 aliphatic carbocycles. The highest BCUT2D eigenvalue weighted by Crippen LogP contribution is 2.29. The smallest absolute Gasteiger partial charge is 0.221 e. The van der Waals surface area contributed by atoms with Gasteiger partial charge in [0.15, 0.2) is 5.16 Å². The molecule has 2 aromatic heterocycles. The van der Waals surface area contributed by atoms with Crippen LogP contribution in [0.1, 0.15) is 49.6 Å². The quantitative estimate of drug-likeness (QED) is 0.179. The van der Waals surface area contributed by atoms with Gasteiger partial charge in [-0.05, 0) is 76.1 Å². The van der Waals surface area contributed by atoms with Gasteiger partial charge in [0, 0.05) is 30.5 Å². The van der Waals surface area contributed by atoms with Crippen LogP contribution in [0.3, 0.4) is 0 Å². The van der Waals surface area contributed by atoms with E-state index in [0.29, 0.717) is 22.3 Å². The number of nitrogens with zero attached hydrogens (tertiary/aromatic N) is 5. The first-order valence-corrected chi connectivity index (χ1v) is 14.0. The van der Waals surface area contributed by atoms with Crippen LogP contribution in [0.4, 0.5) is 11.5 Å². The minimum atomic E-state index is -0.151. The lowest BCUT2D eigenvalue weighted by atomic mass is 10.1. The minimum Gasteiger partial charge on any atom is -0.382 e. The Bertz CT molecular complexity index is 1270. The number of anilines is 2. The van der Waals surface area contributed by atoms with Gasteiger partial charge < -0.3 is 21.3 Å². The van der Waals surface area contributed by atoms with E-state index in [1.807, 2.05) is 18.2 Å². The third kappa shape index (κ3) is 7.99. The summed E-state index contributed by atoms with van der Waals surface area (Å²) >= 11 is 1.43. The first-order valence-electron chi connectivity index (χ1n) is 13.0. The molecule has 3 aromatic rings. The van der Waals surface area contributed by atoms with Gasteiger partial charge in [0.25, 0.3) is 0 Å². The van der Waals surface area contributed by atoms with E-state index in [1.54, 1.807) is 24.3 Å². The lowest BCUT2D eigenvalue weighted by molar-refractivity contribution is -0.114. The van der Waals surface area contributed by atoms with Crippen molar-refractivity contribution in [2.24, 2.45) is 0 Å². The zero-order chi connectivity index (χ0) is 26.7. The predicted octanol–water partition coefficient (Wildman–Crippen LogP) is 4.21. The summed E-state index contributed by atoms with van der Waals surface area (Å²) in [6, 6.07) is 15.3. The molecule has 1 saturated heterocycles. The van der Waals surface area contributed by atoms with E-state index < -0.39 is 0 Å². The predicted molar refractivity (Wildman–Crippen MR) is 151 cm³/mol. The number of likely N-dealkylation sites (tertiary alicyclic amines) is 1. The second kappa shape index (κ2) is 13.9. The van der Waals surface area contributed by atoms with Crippen molar-refractivity contribution < 1.29 is 4.79 Å². The third-order valence-electron chi connectivity index (χ3n) is 6.30. The van der Waals surface area contributed by atoms with Crippen molar-refractivity contribution in [1.82, 2.24) is 25.2 Å². The molecule has 1 aromatic carbocycles. The number of amides is 1. The highest BCUT2D eigenvalue weighted by Gasteiger charge is 2.15. The fourth-order valence-electron chi connectivity index (χ4n) is 4.41. The molecule has 0 unspecified atom stereocenters. The maximum Gasteiger partial charge on any atom is 0.221 e. The van der Waals surface area contributed by atoms with Gasteiger partial charge in [0.1, 0.15) is 17.5 Å². The average molecular weight is 531 g/mol. The number of benzene rings is 1. The molecule has 38 heavy (non-hydrogen) atoms. The maximum atomic E-state index is 11.3. The molecule has 4 rings (SSSR count). The Morgan fingerprint density at radius 1 is 1.08 bits per heavy atom. The van der Waals surface area contributed by atoms with E-state index >= 15 is 0 Å². The van der Waals surface area contributed by atoms with Crippen molar-refractivity contribution in [2.45, 2.75) is 50.1 Å². The number of carbonyl (C=O) groups is 1. The van der Waals surface area contributed by atoms with E-state index in [9.17, 15) is 10.1 Å². The van der Waals surface area contributed by atoms with Crippen molar-refractivity contribution in [1.29, 1.82) is 5.26 Å². The number of nitriles is 1. The molecule has 1 fully saturated rings. The zero-order valence-electron chi connectivity index (χ0n) is 21.7. The van der Waals surface area contributed by atoms with Crippen LogP contribution in [-0.4, -0.2) is 51.9 Å². The van der Waals surface area contributed by atoms with E-state index in [0.717, 1.165) is 30.0 Å². The van der Waals surface area contributed by atoms with Gasteiger partial charge in [-0.2, -0.15) is 5.26 Å². The first-order chi connectivity index (χ1) is 18.5. The number of unbranched alkanes of at least 4 members (excludes halogenated alkanes) is 1. The average Bonchev–Trinajstić information content (AvgIpc) is 3.43. The van der Waals surface area contributed by atoms with E-state index in [-0.39, 0.29) is 17.3 Å². The summed E-state index contributed by atoms with van der Waals surface area (Å²) in [4.78, 5) is 27.6. The molecule has 0 radical (unpaired) electrons. The summed E-state index contributed by atoms with van der Waals surface area (Å²) in [5, 5.41) is 16.4. The molecular weight excluding hydrogens is 496 g/mol. The molecule has 1 aliphatic rings. The summed E-state index contributed by atoms with van der Waals surface area (Å²) in [5.74, 6) is 0.569. The largest absolute Gasteiger partial charge is 0.382 e. The Balaban J connectivity index is 1.33. The molecule has 0 atom stereocenters. The SMILES string of the molecule is CC(=O)Nc1ccc(-c2nc(SCc3cccc(CNCCCCN4CCCC4)n3)nc(N)c2C#N)cc1. The lowest BCUT2D eigenvalue weighted by Gasteiger charge is -2.14. The summed E-state index contributed by atoms with van der Waals surface area (Å²) < 4.78 is 0. The molecule has 4 N–H and O–H groups in total. The van der Waals surface area contributed by atoms with Crippen LogP contribution in [0.5, 0.6) is 0 Å². The molecule has 0 bridgehead atoms. The van der Waals surface area contributed by atoms with Crippen molar-refractivity contribution in [2.75, 3.05) is 37.2 Å². The molecule has 0 saturated carbocycles. The Morgan fingerprint density at radius 2 is 1.84 bits per heavy atom. The summed E-state index contributed by atoms with van der Waals surface area (Å²) in [6.07, 6.45) is 5.09. The fraction of sp³-hybridized carbons (Fsp3) is 0.393. The number of rotatable bonds is 12. The van der Waals surface area contributed by atoms with Crippen molar-refractivity contribution in [3.8, 4) is 17.3 Å². The number of aromatic nitrogens is 3. The number of hydrogen-bond donors (Lipinski definition) is 3. The molecule has 10 heteroatoms. The molecule has 9 nitrogen and oxygen atoms in total. The van der Waals surface area contributed by atoms with Crippen LogP contribution in [-0.2, 0) is 17.1 Å². The number of nitrogen functional groups attached to an aromatic ring is 1. The number of hydrogen-bond acceptors (Lipinski definition) is 9. The van der Waals surface area contributed by atoms with Crippen LogP contribution >= 0.6 is 11.8 Å². The Labute approximate surface area is 228 Å². The summed E-state index contributed by atoms with van der Waals surface area (Å²) in [6.45, 7) is 6.91. The van der Waals surface area contributed by atoms with Crippen molar-refractivity contribution >= 4 is 29.2 Å². The summed E-state index contributed by atoms with van der Waals surface area (Å²) in [5.41, 5.74) is 10.1. The number of nitrogens with two attached hydrogens (primary N) is 1. The van der Waals surface area contributed by atoms with Crippen LogP contribution in [0.15, 0.2) is 47.6 Å². The third-order valence-corrected chi connectivity index (χ3v) is 7.18. The van der Waals surface area contributed by atoms with Crippen molar-refractivity contribution in [3.05, 3.63) is 59.4 Å². The number of carbonyl (C=O) groups excluding carboxylic acids is 1. The van der Waals surface area contributed by atoms with Gasteiger partial charge in [0.2, 0.25) is 5.91 Å². The topological polar surface area (TPSA) is 133 Å². The molecular formula is C28H34N8OS. The van der Waals surface area contributed by atoms with Gasteiger partial charge in [-0.1, -0.05) is 30.0 Å². The van der Waals surface area contributed by atoms with Gasteiger partial charge in [-0.3, -0.25) is 9.78 Å². The molecule has 198 valence electrons. The monoisotopic (exact) mass is 530 g/mol. The standard InChI is InChI=1S/C28H34N8OS/c1-20(37)32-22-11-9-21(10-12-22)26-25(17-29)27(30)35-28(34-26)38-19-24-8-6-7-23(33-24)18-31-13-2-3-14-36-15-4-5-16-36/h6-12,31H,2-5,13-16,18-19H2,1H3,(H,32,37)(H2,30,34,35). The van der Waals surface area contributed by atoms with E-state index in [1.165, 1.54) is 64.0 Å². The Hall–Kier alpha value is -3.52. The highest BCUT2D eigenvalue weighted by atomic mass is 32.2. The molecule has 1 aliphatic heterocycles. The van der Waals surface area contributed by atoms with Crippen molar-refractivity contribution in [3.63, 3.8) is 0 Å². The normalized spacial score (nSPS) is 13.4. The second-order valence-electron chi connectivity index (χ2n) is 9.33. The number of pyridine rings is 1. The molecule has 3 heterocycles. The van der Waals surface area contributed by atoms with Crippen LogP contribution in [0.25, 0.3) is 11.3 Å². The highest BCUT2D eigenvalue weighted by molar-refractivity contribution is 7.98. The van der Waals surface area contributed by atoms with E-state index in [4.69, 9.17) is 10.7 Å². The van der Waals surface area contributed by atoms with Gasteiger partial charge in [-0.15, -0.1) is 0 Å². The zero-order valence-corrected chi connectivity index (χ0v) is 22.6. The Morgan fingerprint density at radius 3 is 2.58 bits per heavy atom. The summed E-state index contributed by atoms with van der Waals surface area (Å²) in [7, 11) is 0. The second-order valence-corrected chi connectivity index (χ2v) is 10.3. The van der Waals surface area contributed by atoms with Gasteiger partial charge in [0.05, 0.1) is 17.1 Å². The van der Waals surface area contributed by atoms with Gasteiger partial charge in [-0.25, -0.2) is 9.97 Å². The fourth-order valence-corrected chi connectivity index (χ4v) is 5.17. The van der Waals surface area contributed by atoms with Crippen LogP contribution in [0.2, 0.25) is 0 Å². The van der Waals surface area contributed by atoms with Crippen LogP contribution < -0.4 is 16.4 Å². The van der Waals surface area contributed by atoms with Crippen LogP contribution in [0, 0.1) is 11.3 Å². The first kappa shape index (κ1) is 27.5. The lowest BCUT2D eigenvalue weighted by Crippen LogP contribution is -2.22. The van der Waals surface area contributed by atoms with E-state index in [2.05, 4.69) is 31.6 Å². The minimum absolute atomic E-state index is 0.140.